The van der Waals surface area contributed by atoms with E-state index in [1.54, 1.807) is 6.07 Å². The summed E-state index contributed by atoms with van der Waals surface area (Å²) in [7, 11) is 0. The Morgan fingerprint density at radius 2 is 2.16 bits per heavy atom. The Balaban J connectivity index is 1.94. The molecular formula is C12H14N4O3. The van der Waals surface area contributed by atoms with Crippen molar-refractivity contribution >= 4 is 22.4 Å². The lowest BCUT2D eigenvalue weighted by atomic mass is 10.1. The largest absolute Gasteiger partial charge is 0.380 e. The van der Waals surface area contributed by atoms with Gasteiger partial charge in [-0.25, -0.2) is 4.63 Å². The molecule has 3 rings (SSSR count). The van der Waals surface area contributed by atoms with E-state index in [-0.39, 0.29) is 11.2 Å². The molecule has 1 aromatic carbocycles. The lowest BCUT2D eigenvalue weighted by molar-refractivity contribution is -0.383. The highest BCUT2D eigenvalue weighted by Gasteiger charge is 2.24. The van der Waals surface area contributed by atoms with Gasteiger partial charge in [-0.3, -0.25) is 10.1 Å². The van der Waals surface area contributed by atoms with Gasteiger partial charge in [0.1, 0.15) is 0 Å². The second-order valence-corrected chi connectivity index (χ2v) is 5.11. The first-order valence-electron chi connectivity index (χ1n) is 6.31. The highest BCUT2D eigenvalue weighted by Crippen LogP contribution is 2.32. The fourth-order valence-corrected chi connectivity index (χ4v) is 2.68. The zero-order valence-electron chi connectivity index (χ0n) is 10.5. The molecule has 1 aromatic heterocycles. The van der Waals surface area contributed by atoms with E-state index in [2.05, 4.69) is 27.2 Å². The molecule has 1 fully saturated rings. The Morgan fingerprint density at radius 1 is 1.37 bits per heavy atom. The van der Waals surface area contributed by atoms with Gasteiger partial charge in [0.05, 0.1) is 10.6 Å². The van der Waals surface area contributed by atoms with E-state index >= 15 is 0 Å². The Labute approximate surface area is 109 Å². The van der Waals surface area contributed by atoms with Crippen LogP contribution in [0, 0.1) is 16.0 Å². The zero-order chi connectivity index (χ0) is 13.4. The highest BCUT2D eigenvalue weighted by atomic mass is 16.6. The fraction of sp³-hybridized carbons (Fsp3) is 0.500. The molecule has 1 heterocycles. The molecule has 7 nitrogen and oxygen atoms in total. The Bertz CT molecular complexity index is 624. The molecule has 0 aliphatic heterocycles. The van der Waals surface area contributed by atoms with Crippen LogP contribution in [0.2, 0.25) is 0 Å². The number of nitrogens with zero attached hydrogens (tertiary/aromatic N) is 3. The molecule has 2 atom stereocenters. The number of benzene rings is 1. The lowest BCUT2D eigenvalue weighted by Crippen LogP contribution is -2.15. The summed E-state index contributed by atoms with van der Waals surface area (Å²) < 4.78 is 4.64. The summed E-state index contributed by atoms with van der Waals surface area (Å²) >= 11 is 0. The average Bonchev–Trinajstić information content (AvgIpc) is 2.98. The van der Waals surface area contributed by atoms with Gasteiger partial charge in [0, 0.05) is 12.1 Å². The maximum Gasteiger partial charge on any atom is 0.300 e. The molecule has 100 valence electrons. The summed E-state index contributed by atoms with van der Waals surface area (Å²) in [5.41, 5.74) is 1.29. The first-order valence-corrected chi connectivity index (χ1v) is 6.31. The molecule has 0 bridgehead atoms. The van der Waals surface area contributed by atoms with E-state index < -0.39 is 4.92 Å². The molecular weight excluding hydrogens is 248 g/mol. The van der Waals surface area contributed by atoms with Crippen molar-refractivity contribution in [3.05, 3.63) is 22.2 Å². The van der Waals surface area contributed by atoms with Crippen LogP contribution < -0.4 is 5.32 Å². The summed E-state index contributed by atoms with van der Waals surface area (Å²) in [5, 5.41) is 21.7. The molecule has 0 spiro atoms. The molecule has 7 heteroatoms. The van der Waals surface area contributed by atoms with Crippen molar-refractivity contribution in [1.82, 2.24) is 10.3 Å². The zero-order valence-corrected chi connectivity index (χ0v) is 10.5. The maximum absolute atomic E-state index is 10.9. The van der Waals surface area contributed by atoms with Crippen LogP contribution in [-0.4, -0.2) is 21.3 Å². The van der Waals surface area contributed by atoms with E-state index in [1.807, 2.05) is 0 Å². The number of non-ortho nitro benzene ring substituents is 1. The van der Waals surface area contributed by atoms with Crippen molar-refractivity contribution < 1.29 is 9.55 Å². The number of hydrogen-bond donors (Lipinski definition) is 1. The Kier molecular flexibility index (Phi) is 2.81. The summed E-state index contributed by atoms with van der Waals surface area (Å²) in [6.45, 7) is 2.23. The van der Waals surface area contributed by atoms with Gasteiger partial charge < -0.3 is 5.32 Å². The van der Waals surface area contributed by atoms with Gasteiger partial charge in [-0.2, -0.15) is 0 Å². The predicted molar refractivity (Wildman–Crippen MR) is 68.9 cm³/mol. The minimum absolute atomic E-state index is 0.0819. The van der Waals surface area contributed by atoms with Crippen molar-refractivity contribution in [2.75, 3.05) is 5.32 Å². The second-order valence-electron chi connectivity index (χ2n) is 5.11. The SMILES string of the molecule is CC1CCC(Nc2ccc([N+](=O)[O-])c3nonc23)C1. The predicted octanol–water partition coefficient (Wildman–Crippen LogP) is 2.73. The van der Waals surface area contributed by atoms with E-state index in [4.69, 9.17) is 0 Å². The van der Waals surface area contributed by atoms with Crippen LogP contribution in [0.4, 0.5) is 11.4 Å². The van der Waals surface area contributed by atoms with Crippen LogP contribution in [0.5, 0.6) is 0 Å². The van der Waals surface area contributed by atoms with Crippen LogP contribution in [0.25, 0.3) is 11.0 Å². The van der Waals surface area contributed by atoms with E-state index in [9.17, 15) is 10.1 Å². The topological polar surface area (TPSA) is 94.1 Å². The first kappa shape index (κ1) is 11.9. The molecule has 0 saturated heterocycles. The van der Waals surface area contributed by atoms with Crippen molar-refractivity contribution in [2.24, 2.45) is 5.92 Å². The van der Waals surface area contributed by atoms with Gasteiger partial charge in [-0.05, 0) is 41.6 Å². The Morgan fingerprint density at radius 3 is 2.84 bits per heavy atom. The van der Waals surface area contributed by atoms with Crippen molar-refractivity contribution in [2.45, 2.75) is 32.2 Å². The molecule has 2 unspecified atom stereocenters. The first-order chi connectivity index (χ1) is 9.15. The third-order valence-corrected chi connectivity index (χ3v) is 3.65. The van der Waals surface area contributed by atoms with E-state index in [0.717, 1.165) is 18.5 Å². The maximum atomic E-state index is 10.9. The summed E-state index contributed by atoms with van der Waals surface area (Å²) in [6, 6.07) is 3.50. The number of rotatable bonds is 3. The number of aromatic nitrogens is 2. The Hall–Kier alpha value is -2.18. The molecule has 1 aliphatic rings. The van der Waals surface area contributed by atoms with Crippen LogP contribution in [0.1, 0.15) is 26.2 Å². The van der Waals surface area contributed by atoms with Crippen LogP contribution in [0.3, 0.4) is 0 Å². The number of nitro benzene ring substituents is 1. The van der Waals surface area contributed by atoms with Crippen molar-refractivity contribution in [1.29, 1.82) is 0 Å². The highest BCUT2D eigenvalue weighted by molar-refractivity contribution is 5.93. The summed E-state index contributed by atoms with van der Waals surface area (Å²) in [5.74, 6) is 0.710. The summed E-state index contributed by atoms with van der Waals surface area (Å²) in [4.78, 5) is 10.4. The minimum atomic E-state index is -0.478. The van der Waals surface area contributed by atoms with Crippen LogP contribution in [0.15, 0.2) is 16.8 Å². The van der Waals surface area contributed by atoms with Crippen LogP contribution in [-0.2, 0) is 0 Å². The van der Waals surface area contributed by atoms with E-state index in [0.29, 0.717) is 17.5 Å². The molecule has 1 N–H and O–H groups in total. The van der Waals surface area contributed by atoms with Gasteiger partial charge in [0.25, 0.3) is 0 Å². The third-order valence-electron chi connectivity index (χ3n) is 3.65. The van der Waals surface area contributed by atoms with Gasteiger partial charge in [-0.1, -0.05) is 6.92 Å². The van der Waals surface area contributed by atoms with Gasteiger partial charge in [0.2, 0.25) is 5.52 Å². The number of nitro groups is 1. The lowest BCUT2D eigenvalue weighted by Gasteiger charge is -2.13. The number of nitrogens with one attached hydrogen (secondary N) is 1. The average molecular weight is 262 g/mol. The molecule has 1 aliphatic carbocycles. The second kappa shape index (κ2) is 4.49. The smallest absolute Gasteiger partial charge is 0.300 e. The molecule has 19 heavy (non-hydrogen) atoms. The fourth-order valence-electron chi connectivity index (χ4n) is 2.68. The third kappa shape index (κ3) is 2.11. The minimum Gasteiger partial charge on any atom is -0.380 e. The van der Waals surface area contributed by atoms with Gasteiger partial charge in [-0.15, -0.1) is 0 Å². The molecule has 2 aromatic rings. The normalized spacial score (nSPS) is 22.8. The molecule has 1 saturated carbocycles. The van der Waals surface area contributed by atoms with E-state index in [1.165, 1.54) is 12.5 Å². The summed E-state index contributed by atoms with van der Waals surface area (Å²) in [6.07, 6.45) is 3.40. The number of anilines is 1. The molecule has 0 radical (unpaired) electrons. The quantitative estimate of drug-likeness (QED) is 0.675. The number of hydrogen-bond acceptors (Lipinski definition) is 6. The van der Waals surface area contributed by atoms with Crippen molar-refractivity contribution in [3.63, 3.8) is 0 Å². The van der Waals surface area contributed by atoms with Crippen LogP contribution >= 0.6 is 0 Å². The van der Waals surface area contributed by atoms with Gasteiger partial charge in [0.15, 0.2) is 5.52 Å². The van der Waals surface area contributed by atoms with Crippen molar-refractivity contribution in [3.8, 4) is 0 Å². The molecule has 0 amide bonds. The number of fused-ring (bicyclic) bond motifs is 1. The van der Waals surface area contributed by atoms with Gasteiger partial charge >= 0.3 is 5.69 Å². The monoisotopic (exact) mass is 262 g/mol. The standard InChI is InChI=1S/C12H14N4O3/c1-7-2-3-8(6-7)13-9-4-5-10(16(17)18)12-11(9)14-19-15-12/h4-5,7-8,13H,2-3,6H2,1H3.